The molecule has 7 nitrogen and oxygen atoms in total. The van der Waals surface area contributed by atoms with Gasteiger partial charge in [0, 0.05) is 32.1 Å². The van der Waals surface area contributed by atoms with Gasteiger partial charge >= 0.3 is 0 Å². The van der Waals surface area contributed by atoms with Crippen molar-refractivity contribution in [1.29, 1.82) is 0 Å². The minimum atomic E-state index is -0.568. The van der Waals surface area contributed by atoms with Gasteiger partial charge in [-0.3, -0.25) is 19.2 Å². The Morgan fingerprint density at radius 3 is 2.31 bits per heavy atom. The van der Waals surface area contributed by atoms with Gasteiger partial charge in [0.05, 0.1) is 10.9 Å². The standard InChI is InChI=1S/C32H23BrClN3O4S/c33-22-8-4-5-20(17-22)18-27(36-30(39)21-6-2-1-3-7-21)31(40)35-24-11-15-26(16-12-24)42-28-19-29(38)37(32(28)41)25-13-9-23(34)10-14-25/h1-18,28H,19H2,(H,35,40)(H,36,39)/b27-18-. The van der Waals surface area contributed by atoms with Crippen LogP contribution < -0.4 is 15.5 Å². The van der Waals surface area contributed by atoms with Gasteiger partial charge in [0.1, 0.15) is 5.70 Å². The van der Waals surface area contributed by atoms with Crippen LogP contribution in [-0.2, 0) is 14.4 Å². The predicted molar refractivity (Wildman–Crippen MR) is 169 cm³/mol. The highest BCUT2D eigenvalue weighted by atomic mass is 79.9. The second-order valence-electron chi connectivity index (χ2n) is 9.27. The number of nitrogens with one attached hydrogen (secondary N) is 2. The summed E-state index contributed by atoms with van der Waals surface area (Å²) in [5.41, 5.74) is 2.19. The first-order valence-electron chi connectivity index (χ1n) is 12.8. The van der Waals surface area contributed by atoms with Gasteiger partial charge in [-0.25, -0.2) is 4.90 Å². The molecule has 1 aliphatic rings. The van der Waals surface area contributed by atoms with Crippen LogP contribution in [0.3, 0.4) is 0 Å². The quantitative estimate of drug-likeness (QED) is 0.158. The predicted octanol–water partition coefficient (Wildman–Crippen LogP) is 6.94. The third-order valence-electron chi connectivity index (χ3n) is 6.27. The molecule has 1 fully saturated rings. The maximum Gasteiger partial charge on any atom is 0.272 e. The van der Waals surface area contributed by atoms with Crippen molar-refractivity contribution in [3.05, 3.63) is 129 Å². The smallest absolute Gasteiger partial charge is 0.272 e. The molecule has 5 rings (SSSR count). The Kier molecular flexibility index (Phi) is 9.22. The second kappa shape index (κ2) is 13.2. The molecule has 4 aromatic carbocycles. The lowest BCUT2D eigenvalue weighted by Crippen LogP contribution is -2.31. The van der Waals surface area contributed by atoms with Crippen LogP contribution in [-0.4, -0.2) is 28.9 Å². The zero-order valence-electron chi connectivity index (χ0n) is 21.9. The molecular weight excluding hydrogens is 638 g/mol. The number of benzene rings is 4. The van der Waals surface area contributed by atoms with Crippen molar-refractivity contribution in [2.45, 2.75) is 16.6 Å². The molecule has 210 valence electrons. The Morgan fingerprint density at radius 1 is 0.905 bits per heavy atom. The zero-order valence-corrected chi connectivity index (χ0v) is 25.1. The summed E-state index contributed by atoms with van der Waals surface area (Å²) in [6.07, 6.45) is 1.68. The fraction of sp³-hybridized carbons (Fsp3) is 0.0625. The van der Waals surface area contributed by atoms with Crippen LogP contribution >= 0.6 is 39.3 Å². The molecule has 0 radical (unpaired) electrons. The number of nitrogens with zero attached hydrogens (tertiary/aromatic N) is 1. The molecule has 1 saturated heterocycles. The Labute approximate surface area is 260 Å². The maximum atomic E-state index is 13.3. The maximum absolute atomic E-state index is 13.3. The van der Waals surface area contributed by atoms with E-state index in [1.54, 1.807) is 84.9 Å². The number of hydrogen-bond donors (Lipinski definition) is 2. The summed E-state index contributed by atoms with van der Waals surface area (Å²) >= 11 is 10.6. The number of imide groups is 1. The largest absolute Gasteiger partial charge is 0.321 e. The number of hydrogen-bond acceptors (Lipinski definition) is 5. The highest BCUT2D eigenvalue weighted by molar-refractivity contribution is 9.10. The topological polar surface area (TPSA) is 95.6 Å². The first kappa shape index (κ1) is 29.3. The van der Waals surface area contributed by atoms with E-state index in [1.165, 1.54) is 16.7 Å². The fourth-order valence-electron chi connectivity index (χ4n) is 4.24. The SMILES string of the molecule is O=C(Nc1ccc(SC2CC(=O)N(c3ccc(Cl)cc3)C2=O)cc1)/C(=C/c1cccc(Br)c1)NC(=O)c1ccccc1. The van der Waals surface area contributed by atoms with E-state index in [9.17, 15) is 19.2 Å². The normalized spacial score (nSPS) is 15.0. The van der Waals surface area contributed by atoms with E-state index in [4.69, 9.17) is 11.6 Å². The number of anilines is 2. The van der Waals surface area contributed by atoms with E-state index in [0.717, 1.165) is 14.9 Å². The van der Waals surface area contributed by atoms with Gasteiger partial charge < -0.3 is 10.6 Å². The van der Waals surface area contributed by atoms with Crippen molar-refractivity contribution in [3.63, 3.8) is 0 Å². The lowest BCUT2D eigenvalue weighted by molar-refractivity contribution is -0.121. The van der Waals surface area contributed by atoms with E-state index >= 15 is 0 Å². The molecule has 0 spiro atoms. The van der Waals surface area contributed by atoms with Gasteiger partial charge in [-0.05, 0) is 84.4 Å². The summed E-state index contributed by atoms with van der Waals surface area (Å²) in [5, 5.41) is 5.49. The van der Waals surface area contributed by atoms with Gasteiger partial charge in [0.25, 0.3) is 11.8 Å². The molecule has 1 aliphatic heterocycles. The van der Waals surface area contributed by atoms with Gasteiger partial charge in [-0.15, -0.1) is 11.8 Å². The van der Waals surface area contributed by atoms with Crippen molar-refractivity contribution in [3.8, 4) is 0 Å². The van der Waals surface area contributed by atoms with Gasteiger partial charge in [0.15, 0.2) is 0 Å². The van der Waals surface area contributed by atoms with Crippen molar-refractivity contribution in [1.82, 2.24) is 5.32 Å². The van der Waals surface area contributed by atoms with E-state index in [2.05, 4.69) is 26.6 Å². The first-order chi connectivity index (χ1) is 20.3. The minimum absolute atomic E-state index is 0.0674. The summed E-state index contributed by atoms with van der Waals surface area (Å²) < 4.78 is 0.831. The lowest BCUT2D eigenvalue weighted by Gasteiger charge is -2.15. The van der Waals surface area contributed by atoms with Crippen molar-refractivity contribution >= 4 is 80.4 Å². The molecule has 0 aromatic heterocycles. The summed E-state index contributed by atoms with van der Waals surface area (Å²) in [4.78, 5) is 53.7. The molecule has 2 N–H and O–H groups in total. The Balaban J connectivity index is 1.28. The Bertz CT molecular complexity index is 1680. The molecular formula is C32H23BrClN3O4S. The highest BCUT2D eigenvalue weighted by Crippen LogP contribution is 2.34. The fourth-order valence-corrected chi connectivity index (χ4v) is 5.84. The van der Waals surface area contributed by atoms with E-state index < -0.39 is 17.1 Å². The van der Waals surface area contributed by atoms with Gasteiger partial charge in [-0.2, -0.15) is 0 Å². The number of amides is 4. The number of thioether (sulfide) groups is 1. The van der Waals surface area contributed by atoms with Crippen LogP contribution in [0.25, 0.3) is 6.08 Å². The average Bonchev–Trinajstić information content (AvgIpc) is 3.26. The van der Waals surface area contributed by atoms with Crippen molar-refractivity contribution in [2.75, 3.05) is 10.2 Å². The molecule has 1 heterocycles. The van der Waals surface area contributed by atoms with Gasteiger partial charge in [0.2, 0.25) is 11.8 Å². The molecule has 0 aliphatic carbocycles. The molecule has 4 aromatic rings. The van der Waals surface area contributed by atoms with Crippen LogP contribution in [0.1, 0.15) is 22.3 Å². The van der Waals surface area contributed by atoms with Crippen molar-refractivity contribution in [2.24, 2.45) is 0 Å². The third kappa shape index (κ3) is 7.17. The average molecular weight is 661 g/mol. The molecule has 1 atom stereocenters. The molecule has 42 heavy (non-hydrogen) atoms. The van der Waals surface area contributed by atoms with E-state index in [-0.39, 0.29) is 23.9 Å². The first-order valence-corrected chi connectivity index (χ1v) is 14.9. The van der Waals surface area contributed by atoms with Crippen LogP contribution in [0, 0.1) is 0 Å². The Hall–Kier alpha value is -4.18. The van der Waals surface area contributed by atoms with Crippen molar-refractivity contribution < 1.29 is 19.2 Å². The van der Waals surface area contributed by atoms with Crippen LogP contribution in [0.5, 0.6) is 0 Å². The van der Waals surface area contributed by atoms with Crippen LogP contribution in [0.15, 0.2) is 118 Å². The second-order valence-corrected chi connectivity index (χ2v) is 11.9. The molecule has 1 unspecified atom stereocenters. The number of carbonyl (C=O) groups is 4. The monoisotopic (exact) mass is 659 g/mol. The van der Waals surface area contributed by atoms with E-state index in [1.807, 2.05) is 24.3 Å². The summed E-state index contributed by atoms with van der Waals surface area (Å²) in [7, 11) is 0. The summed E-state index contributed by atoms with van der Waals surface area (Å²) in [6.45, 7) is 0. The summed E-state index contributed by atoms with van der Waals surface area (Å²) in [5.74, 6) is -1.48. The third-order valence-corrected chi connectivity index (χ3v) is 8.21. The summed E-state index contributed by atoms with van der Waals surface area (Å²) in [6, 6.07) is 29.5. The number of halogens is 2. The Morgan fingerprint density at radius 2 is 1.62 bits per heavy atom. The molecule has 4 amide bonds. The van der Waals surface area contributed by atoms with Crippen LogP contribution in [0.4, 0.5) is 11.4 Å². The minimum Gasteiger partial charge on any atom is -0.321 e. The molecule has 0 bridgehead atoms. The van der Waals surface area contributed by atoms with E-state index in [0.29, 0.717) is 22.0 Å². The number of rotatable bonds is 8. The lowest BCUT2D eigenvalue weighted by atomic mass is 10.1. The molecule has 10 heteroatoms. The molecule has 0 saturated carbocycles. The number of carbonyl (C=O) groups excluding carboxylic acids is 4. The zero-order chi connectivity index (χ0) is 29.6. The van der Waals surface area contributed by atoms with Gasteiger partial charge in [-0.1, -0.05) is 57.9 Å². The van der Waals surface area contributed by atoms with Crippen LogP contribution in [0.2, 0.25) is 5.02 Å². The highest BCUT2D eigenvalue weighted by Gasteiger charge is 2.40.